The molecule has 0 aliphatic carbocycles. The highest BCUT2D eigenvalue weighted by Crippen LogP contribution is 2.30. The van der Waals surface area contributed by atoms with Gasteiger partial charge in [-0.25, -0.2) is 22.8 Å². The first-order chi connectivity index (χ1) is 24.4. The fourth-order valence-electron chi connectivity index (χ4n) is 5.39. The van der Waals surface area contributed by atoms with E-state index in [0.717, 1.165) is 5.56 Å². The number of ether oxygens (including phenoxy) is 3. The SMILES string of the molecule is COC(=O)c1c(O)cccc1OCCCCNC(=O)[C@H](Cc1ccc(C2CC(=O)NS2(=O)=O)cc1)NC(=O)N[C@@H](Cc1ccccc1)C(=O)OC. The molecule has 3 aromatic rings. The van der Waals surface area contributed by atoms with Crippen molar-refractivity contribution in [2.45, 2.75) is 49.4 Å². The van der Waals surface area contributed by atoms with Crippen LogP contribution in [0.2, 0.25) is 0 Å². The molecule has 1 saturated heterocycles. The molecule has 0 aromatic heterocycles. The topological polar surface area (TPSA) is 216 Å². The Morgan fingerprint density at radius 2 is 1.53 bits per heavy atom. The molecule has 51 heavy (non-hydrogen) atoms. The summed E-state index contributed by atoms with van der Waals surface area (Å²) >= 11 is 0. The number of rotatable bonds is 16. The van der Waals surface area contributed by atoms with Crippen LogP contribution in [0, 0.1) is 0 Å². The lowest BCUT2D eigenvalue weighted by molar-refractivity contribution is -0.142. The monoisotopic (exact) mass is 724 g/mol. The summed E-state index contributed by atoms with van der Waals surface area (Å²) in [6.07, 6.45) is 0.858. The lowest BCUT2D eigenvalue weighted by Gasteiger charge is -2.22. The van der Waals surface area contributed by atoms with E-state index in [-0.39, 0.29) is 49.5 Å². The van der Waals surface area contributed by atoms with Gasteiger partial charge in [-0.1, -0.05) is 60.7 Å². The zero-order valence-corrected chi connectivity index (χ0v) is 28.9. The molecule has 5 N–H and O–H groups in total. The van der Waals surface area contributed by atoms with E-state index in [1.165, 1.54) is 32.4 Å². The number of hydrogen-bond acceptors (Lipinski definition) is 11. The smallest absolute Gasteiger partial charge is 0.345 e. The highest BCUT2D eigenvalue weighted by atomic mass is 32.2. The predicted octanol–water partition coefficient (Wildman–Crippen LogP) is 2.04. The number of aromatic hydroxyl groups is 1. The summed E-state index contributed by atoms with van der Waals surface area (Å²) in [5, 5.41) is 17.0. The van der Waals surface area contributed by atoms with Crippen LogP contribution < -0.4 is 25.4 Å². The third-order valence-electron chi connectivity index (χ3n) is 8.01. The molecule has 3 aromatic carbocycles. The second-order valence-corrected chi connectivity index (χ2v) is 13.5. The summed E-state index contributed by atoms with van der Waals surface area (Å²) in [6, 6.07) is 16.8. The van der Waals surface area contributed by atoms with Gasteiger partial charge in [-0.15, -0.1) is 0 Å². The van der Waals surface area contributed by atoms with Crippen LogP contribution in [0.1, 0.15) is 51.6 Å². The number of esters is 2. The molecule has 0 radical (unpaired) electrons. The van der Waals surface area contributed by atoms with Gasteiger partial charge in [0.2, 0.25) is 21.8 Å². The van der Waals surface area contributed by atoms with E-state index in [2.05, 4.69) is 16.0 Å². The molecule has 16 heteroatoms. The van der Waals surface area contributed by atoms with Crippen molar-refractivity contribution < 1.29 is 51.7 Å². The number of methoxy groups -OCH3 is 2. The first kappa shape index (κ1) is 38.2. The molecule has 1 unspecified atom stereocenters. The van der Waals surface area contributed by atoms with Crippen LogP contribution in [0.25, 0.3) is 0 Å². The van der Waals surface area contributed by atoms with Crippen molar-refractivity contribution in [2.24, 2.45) is 0 Å². The molecule has 0 saturated carbocycles. The quantitative estimate of drug-likeness (QED) is 0.106. The zero-order chi connectivity index (χ0) is 37.0. The van der Waals surface area contributed by atoms with Crippen molar-refractivity contribution in [3.05, 3.63) is 95.1 Å². The molecular formula is C35H40N4O11S. The maximum Gasteiger partial charge on any atom is 0.345 e. The van der Waals surface area contributed by atoms with Crippen LogP contribution >= 0.6 is 0 Å². The Hall–Kier alpha value is -5.64. The minimum absolute atomic E-state index is 0.00657. The molecule has 15 nitrogen and oxygen atoms in total. The summed E-state index contributed by atoms with van der Waals surface area (Å²) in [5.74, 6) is -2.67. The number of unbranched alkanes of at least 4 members (excludes halogenated alkanes) is 1. The summed E-state index contributed by atoms with van der Waals surface area (Å²) in [4.78, 5) is 62.8. The van der Waals surface area contributed by atoms with Gasteiger partial charge in [-0.3, -0.25) is 14.3 Å². The largest absolute Gasteiger partial charge is 0.507 e. The Balaban J connectivity index is 1.40. The van der Waals surface area contributed by atoms with Crippen molar-refractivity contribution in [2.75, 3.05) is 27.4 Å². The Bertz CT molecular complexity index is 1820. The predicted molar refractivity (Wildman–Crippen MR) is 183 cm³/mol. The van der Waals surface area contributed by atoms with Crippen molar-refractivity contribution in [3.8, 4) is 11.5 Å². The molecule has 4 amide bonds. The van der Waals surface area contributed by atoms with Crippen molar-refractivity contribution in [1.29, 1.82) is 0 Å². The van der Waals surface area contributed by atoms with Crippen LogP contribution in [-0.4, -0.2) is 82.8 Å². The molecule has 0 spiro atoms. The van der Waals surface area contributed by atoms with E-state index in [9.17, 15) is 37.5 Å². The van der Waals surface area contributed by atoms with Crippen molar-refractivity contribution >= 4 is 39.8 Å². The minimum atomic E-state index is -3.85. The summed E-state index contributed by atoms with van der Waals surface area (Å²) in [7, 11) is -1.46. The van der Waals surface area contributed by atoms with E-state index in [4.69, 9.17) is 14.2 Å². The van der Waals surface area contributed by atoms with Crippen LogP contribution in [0.15, 0.2) is 72.8 Å². The van der Waals surface area contributed by atoms with Crippen LogP contribution in [0.4, 0.5) is 4.79 Å². The second-order valence-electron chi connectivity index (χ2n) is 11.6. The summed E-state index contributed by atoms with van der Waals surface area (Å²) in [6.45, 7) is 0.359. The average molecular weight is 725 g/mol. The third kappa shape index (κ3) is 10.7. The normalized spacial score (nSPS) is 15.8. The van der Waals surface area contributed by atoms with E-state index < -0.39 is 57.1 Å². The molecule has 1 aliphatic rings. The van der Waals surface area contributed by atoms with Gasteiger partial charge >= 0.3 is 18.0 Å². The van der Waals surface area contributed by atoms with E-state index >= 15 is 0 Å². The highest BCUT2D eigenvalue weighted by molar-refractivity contribution is 7.90. The van der Waals surface area contributed by atoms with Gasteiger partial charge in [0.25, 0.3) is 0 Å². The summed E-state index contributed by atoms with van der Waals surface area (Å²) < 4.78 is 41.9. The number of amides is 4. The molecule has 4 rings (SSSR count). The summed E-state index contributed by atoms with van der Waals surface area (Å²) in [5.41, 5.74) is 1.67. The molecule has 1 fully saturated rings. The number of urea groups is 1. The van der Waals surface area contributed by atoms with E-state index in [1.807, 2.05) is 10.8 Å². The second kappa shape index (κ2) is 17.8. The first-order valence-corrected chi connectivity index (χ1v) is 17.6. The maximum atomic E-state index is 13.4. The van der Waals surface area contributed by atoms with Crippen molar-refractivity contribution in [1.82, 2.24) is 20.7 Å². The van der Waals surface area contributed by atoms with Gasteiger partial charge in [0.15, 0.2) is 0 Å². The molecule has 1 heterocycles. The molecule has 272 valence electrons. The average Bonchev–Trinajstić information content (AvgIpc) is 3.40. The number of nitrogens with one attached hydrogen (secondary N) is 4. The fraction of sp³-hybridized carbons (Fsp3) is 0.343. The maximum absolute atomic E-state index is 13.4. The number of carbonyl (C=O) groups is 5. The van der Waals surface area contributed by atoms with Gasteiger partial charge in [0, 0.05) is 19.4 Å². The first-order valence-electron chi connectivity index (χ1n) is 16.0. The van der Waals surface area contributed by atoms with Crippen LogP contribution in [-0.2, 0) is 46.7 Å². The van der Waals surface area contributed by atoms with Gasteiger partial charge < -0.3 is 35.3 Å². The molecule has 3 atom stereocenters. The van der Waals surface area contributed by atoms with E-state index in [1.54, 1.807) is 48.5 Å². The van der Waals surface area contributed by atoms with Crippen LogP contribution in [0.5, 0.6) is 11.5 Å². The van der Waals surface area contributed by atoms with Crippen LogP contribution in [0.3, 0.4) is 0 Å². The lowest BCUT2D eigenvalue weighted by Crippen LogP contribution is -2.54. The van der Waals surface area contributed by atoms with Gasteiger partial charge in [0.05, 0.1) is 27.2 Å². The van der Waals surface area contributed by atoms with Gasteiger partial charge in [-0.05, 0) is 41.7 Å². The van der Waals surface area contributed by atoms with Crippen molar-refractivity contribution in [3.63, 3.8) is 0 Å². The number of phenolic OH excluding ortho intramolecular Hbond substituents is 1. The standard InChI is InChI=1S/C35H40N4O11S/c1-48-33(43)26(20-22-9-4-3-5-10-22)38-35(45)37-25(19-23-13-15-24(16-14-23)29-21-30(41)39-51(29,46)47)32(42)36-17-6-7-18-50-28-12-8-11-27(40)31(28)34(44)49-2/h3-5,8-16,25-26,29,40H,6-7,17-21H2,1-2H3,(H,36,42)(H,39,41)(H2,37,38,45)/t25-,26-,29?/m0/s1. The number of carbonyl (C=O) groups excluding carboxylic acids is 5. The Kier molecular flexibility index (Phi) is 13.4. The van der Waals surface area contributed by atoms with E-state index in [0.29, 0.717) is 24.0 Å². The number of phenols is 1. The molecule has 0 bridgehead atoms. The Morgan fingerprint density at radius 3 is 2.18 bits per heavy atom. The lowest BCUT2D eigenvalue weighted by atomic mass is 10.0. The number of benzene rings is 3. The Labute approximate surface area is 295 Å². The van der Waals surface area contributed by atoms with Gasteiger partial charge in [0.1, 0.15) is 34.4 Å². The number of hydrogen-bond donors (Lipinski definition) is 5. The van der Waals surface area contributed by atoms with Gasteiger partial charge in [-0.2, -0.15) is 0 Å². The molecular weight excluding hydrogens is 684 g/mol. The highest BCUT2D eigenvalue weighted by Gasteiger charge is 2.37. The Morgan fingerprint density at radius 1 is 0.863 bits per heavy atom. The fourth-order valence-corrected chi connectivity index (χ4v) is 6.82. The molecule has 1 aliphatic heterocycles. The third-order valence-corrected chi connectivity index (χ3v) is 9.71. The minimum Gasteiger partial charge on any atom is -0.507 e. The zero-order valence-electron chi connectivity index (χ0n) is 28.0. The number of sulfonamides is 1.